The van der Waals surface area contributed by atoms with Crippen LogP contribution in [0.1, 0.15) is 74.9 Å². The first-order valence-corrected chi connectivity index (χ1v) is 24.7. The van der Waals surface area contributed by atoms with Crippen LogP contribution in [0.3, 0.4) is 0 Å². The number of hydrogen-bond donors (Lipinski definition) is 1. The lowest BCUT2D eigenvalue weighted by molar-refractivity contribution is 0.476. The van der Waals surface area contributed by atoms with E-state index in [-0.39, 0.29) is 16.6 Å². The molecule has 11 rings (SSSR count). The van der Waals surface area contributed by atoms with E-state index < -0.39 is 0 Å². The maximum absolute atomic E-state index is 11.2. The maximum atomic E-state index is 11.2. The van der Waals surface area contributed by atoms with Crippen LogP contribution < -0.4 is 0 Å². The summed E-state index contributed by atoms with van der Waals surface area (Å²) in [6.07, 6.45) is 1.74. The normalized spacial score (nSPS) is 12.5. The van der Waals surface area contributed by atoms with Crippen LogP contribution >= 0.6 is 0 Å². The van der Waals surface area contributed by atoms with Crippen LogP contribution in [-0.4, -0.2) is 19.6 Å². The molecule has 2 aromatic heterocycles. The summed E-state index contributed by atoms with van der Waals surface area (Å²) in [7, 11) is 0. The van der Waals surface area contributed by atoms with Gasteiger partial charge in [-0.15, -0.1) is 0 Å². The first-order valence-electron chi connectivity index (χ1n) is 24.7. The highest BCUT2D eigenvalue weighted by molar-refractivity contribution is 6.00. The summed E-state index contributed by atoms with van der Waals surface area (Å²) in [5, 5.41) is 11.2. The molecule has 0 saturated heterocycles. The summed E-state index contributed by atoms with van der Waals surface area (Å²) in [4.78, 5) is 11.0. The zero-order valence-corrected chi connectivity index (χ0v) is 41.5. The van der Waals surface area contributed by atoms with Crippen molar-refractivity contribution in [2.75, 3.05) is 0 Å². The van der Waals surface area contributed by atoms with Gasteiger partial charge in [0.05, 0.1) is 22.4 Å². The molecule has 0 aliphatic heterocycles. The van der Waals surface area contributed by atoms with Crippen LogP contribution in [0.15, 0.2) is 182 Å². The van der Waals surface area contributed by atoms with Crippen LogP contribution in [-0.2, 0) is 23.7 Å². The van der Waals surface area contributed by atoms with Gasteiger partial charge in [0.2, 0.25) is 0 Å². The Morgan fingerprint density at radius 2 is 1.01 bits per heavy atom. The van der Waals surface area contributed by atoms with E-state index in [1.54, 1.807) is 6.07 Å². The number of benzene rings is 8. The first-order chi connectivity index (χ1) is 33.7. The highest BCUT2D eigenvalue weighted by Gasteiger charge is 2.26. The molecule has 0 bridgehead atoms. The summed E-state index contributed by atoms with van der Waals surface area (Å²) < 4.78 is 2.30. The Balaban J connectivity index is 1.14. The average Bonchev–Trinajstić information content (AvgIpc) is 3.75. The van der Waals surface area contributed by atoms with Crippen molar-refractivity contribution >= 4 is 11.0 Å². The standard InChI is InChI=1S/C66H59N3O/c1-41-18-12-19-42(2)63(41)69-57-30-17-29-55(62(57)68-64(69)56-35-34-45-33-32-44-22-15-31-58(70)60(44)61(45)67-56)46-23-13-25-48(36-46)59-53(47-24-14-26-51(38-47)65(3,4)5)27-16-28-54(59)50-37-49(43-20-10-9-11-21-43)39-52(40-50)66(6,7)8/h9-31,34-40,70H,32-33H2,1-8H3. The molecule has 10 aromatic rings. The van der Waals surface area contributed by atoms with Gasteiger partial charge in [-0.25, -0.2) is 9.97 Å². The Bertz CT molecular complexity index is 3630. The molecular weight excluding hydrogens is 851 g/mol. The van der Waals surface area contributed by atoms with Crippen molar-refractivity contribution < 1.29 is 5.11 Å². The highest BCUT2D eigenvalue weighted by atomic mass is 16.3. The van der Waals surface area contributed by atoms with Crippen LogP contribution in [0.2, 0.25) is 0 Å². The zero-order valence-electron chi connectivity index (χ0n) is 41.5. The zero-order chi connectivity index (χ0) is 48.5. The Kier molecular flexibility index (Phi) is 11.0. The van der Waals surface area contributed by atoms with E-state index in [1.165, 1.54) is 50.1 Å². The molecule has 70 heavy (non-hydrogen) atoms. The van der Waals surface area contributed by atoms with Crippen LogP contribution in [0.25, 0.3) is 95.1 Å². The summed E-state index contributed by atoms with van der Waals surface area (Å²) in [6, 6.07) is 66.0. The predicted octanol–water partition coefficient (Wildman–Crippen LogP) is 17.1. The average molecular weight is 910 g/mol. The fraction of sp³-hybridized carbons (Fsp3) is 0.182. The van der Waals surface area contributed by atoms with Crippen molar-refractivity contribution in [3.63, 3.8) is 0 Å². The molecule has 0 spiro atoms. The molecule has 0 unspecified atom stereocenters. The number of phenolic OH excluding ortho intramolecular Hbond substituents is 1. The SMILES string of the molecule is Cc1cccc(C)c1-n1c(-c2ccc3c(n2)-c2c(O)cccc2CC3)nc2c(-c3cccc(-c4c(-c5cccc(C(C)(C)C)c5)cccc4-c4cc(-c5ccccc5)cc(C(C)(C)C)c4)c3)cccc21. The van der Waals surface area contributed by atoms with Gasteiger partial charge in [-0.05, 0) is 151 Å². The van der Waals surface area contributed by atoms with E-state index in [1.807, 2.05) is 6.07 Å². The number of fused-ring (bicyclic) bond motifs is 4. The lowest BCUT2D eigenvalue weighted by Crippen LogP contribution is -2.11. The smallest absolute Gasteiger partial charge is 0.164 e. The Labute approximate surface area is 413 Å². The highest BCUT2D eigenvalue weighted by Crippen LogP contribution is 2.46. The van der Waals surface area contributed by atoms with Gasteiger partial charge in [0.1, 0.15) is 11.4 Å². The minimum Gasteiger partial charge on any atom is -0.507 e. The van der Waals surface area contributed by atoms with Gasteiger partial charge in [-0.1, -0.05) is 193 Å². The van der Waals surface area contributed by atoms with E-state index in [0.717, 1.165) is 91.3 Å². The molecule has 4 nitrogen and oxygen atoms in total. The van der Waals surface area contributed by atoms with Gasteiger partial charge in [-0.2, -0.15) is 0 Å². The second-order valence-electron chi connectivity index (χ2n) is 21.3. The van der Waals surface area contributed by atoms with E-state index in [0.29, 0.717) is 0 Å². The first kappa shape index (κ1) is 44.7. The lowest BCUT2D eigenvalue weighted by atomic mass is 9.80. The Hall–Kier alpha value is -7.82. The van der Waals surface area contributed by atoms with Gasteiger partial charge >= 0.3 is 0 Å². The number of aryl methyl sites for hydroxylation is 4. The van der Waals surface area contributed by atoms with Gasteiger partial charge in [0.25, 0.3) is 0 Å². The van der Waals surface area contributed by atoms with E-state index in [9.17, 15) is 5.11 Å². The molecule has 0 radical (unpaired) electrons. The van der Waals surface area contributed by atoms with Crippen molar-refractivity contribution in [1.29, 1.82) is 0 Å². The van der Waals surface area contributed by atoms with Crippen molar-refractivity contribution in [1.82, 2.24) is 14.5 Å². The Morgan fingerprint density at radius 3 is 1.77 bits per heavy atom. The molecular formula is C66H59N3O. The summed E-state index contributed by atoms with van der Waals surface area (Å²) in [5.74, 6) is 1.03. The molecule has 1 aliphatic carbocycles. The third-order valence-electron chi connectivity index (χ3n) is 14.4. The van der Waals surface area contributed by atoms with Crippen LogP contribution in [0.5, 0.6) is 5.75 Å². The quantitative estimate of drug-likeness (QED) is 0.173. The fourth-order valence-corrected chi connectivity index (χ4v) is 10.6. The number of pyridine rings is 1. The number of nitrogens with zero attached hydrogens (tertiary/aromatic N) is 3. The monoisotopic (exact) mass is 909 g/mol. The summed E-state index contributed by atoms with van der Waals surface area (Å²) in [5.41, 5.74) is 24.1. The Morgan fingerprint density at radius 1 is 0.443 bits per heavy atom. The summed E-state index contributed by atoms with van der Waals surface area (Å²) in [6.45, 7) is 18.1. The molecule has 2 heterocycles. The topological polar surface area (TPSA) is 50.9 Å². The number of imidazole rings is 1. The molecule has 0 saturated carbocycles. The van der Waals surface area contributed by atoms with Gasteiger partial charge < -0.3 is 5.11 Å². The van der Waals surface area contributed by atoms with Gasteiger partial charge in [0.15, 0.2) is 5.82 Å². The second-order valence-corrected chi connectivity index (χ2v) is 21.3. The van der Waals surface area contributed by atoms with E-state index >= 15 is 0 Å². The number of aromatic hydroxyl groups is 1. The van der Waals surface area contributed by atoms with Gasteiger partial charge in [-0.3, -0.25) is 4.57 Å². The minimum atomic E-state index is -0.0725. The maximum Gasteiger partial charge on any atom is 0.164 e. The number of para-hydroxylation sites is 2. The molecule has 8 aromatic carbocycles. The molecule has 1 aliphatic rings. The predicted molar refractivity (Wildman–Crippen MR) is 293 cm³/mol. The van der Waals surface area contributed by atoms with Gasteiger partial charge in [0, 0.05) is 11.1 Å². The van der Waals surface area contributed by atoms with Crippen molar-refractivity contribution in [2.24, 2.45) is 0 Å². The second kappa shape index (κ2) is 17.3. The molecule has 0 atom stereocenters. The summed E-state index contributed by atoms with van der Waals surface area (Å²) >= 11 is 0. The fourth-order valence-electron chi connectivity index (χ4n) is 10.6. The third-order valence-corrected chi connectivity index (χ3v) is 14.4. The van der Waals surface area contributed by atoms with Crippen LogP contribution in [0.4, 0.5) is 0 Å². The molecule has 344 valence electrons. The molecule has 1 N–H and O–H groups in total. The van der Waals surface area contributed by atoms with Crippen molar-refractivity contribution in [3.8, 4) is 89.8 Å². The number of rotatable bonds is 7. The number of aromatic nitrogens is 3. The van der Waals surface area contributed by atoms with Crippen LogP contribution in [0, 0.1) is 13.8 Å². The molecule has 0 amide bonds. The number of phenols is 1. The third kappa shape index (κ3) is 8.01. The number of hydrogen-bond acceptors (Lipinski definition) is 3. The van der Waals surface area contributed by atoms with Crippen molar-refractivity contribution in [3.05, 3.63) is 215 Å². The largest absolute Gasteiger partial charge is 0.507 e. The molecule has 0 fully saturated rings. The van der Waals surface area contributed by atoms with E-state index in [2.05, 4.69) is 230 Å². The van der Waals surface area contributed by atoms with Crippen molar-refractivity contribution in [2.45, 2.75) is 79.1 Å². The van der Waals surface area contributed by atoms with E-state index in [4.69, 9.17) is 9.97 Å². The molecule has 4 heteroatoms. The minimum absolute atomic E-state index is 0.0159. The lowest BCUT2D eigenvalue weighted by Gasteiger charge is -2.24.